The van der Waals surface area contributed by atoms with E-state index >= 15 is 0 Å². The summed E-state index contributed by atoms with van der Waals surface area (Å²) in [6, 6.07) is 6.22. The summed E-state index contributed by atoms with van der Waals surface area (Å²) in [5, 5.41) is 10.3. The van der Waals surface area contributed by atoms with E-state index in [2.05, 4.69) is 15.5 Å². The van der Waals surface area contributed by atoms with Crippen molar-refractivity contribution in [2.24, 2.45) is 0 Å². The Labute approximate surface area is 152 Å². The number of carbonyl (C=O) groups excluding carboxylic acids is 1. The van der Waals surface area contributed by atoms with Gasteiger partial charge in [-0.3, -0.25) is 4.79 Å². The van der Waals surface area contributed by atoms with Crippen molar-refractivity contribution in [1.82, 2.24) is 19.8 Å². The molecule has 2 aromatic rings. The van der Waals surface area contributed by atoms with Crippen LogP contribution in [0.5, 0.6) is 0 Å². The number of benzene rings is 1. The smallest absolute Gasteiger partial charge is 0.309 e. The van der Waals surface area contributed by atoms with Crippen molar-refractivity contribution in [2.45, 2.75) is 44.0 Å². The molecule has 0 aliphatic carbocycles. The molecule has 1 aromatic carbocycles. The van der Waals surface area contributed by atoms with E-state index in [1.54, 1.807) is 12.1 Å². The number of aromatic nitrogens is 2. The molecule has 0 radical (unpaired) electrons. The van der Waals surface area contributed by atoms with Crippen LogP contribution in [0.1, 0.15) is 43.8 Å². The minimum atomic E-state index is -3.48. The summed E-state index contributed by atoms with van der Waals surface area (Å²) in [7, 11) is -3.48. The molecule has 9 heteroatoms. The molecule has 1 fully saturated rings. The van der Waals surface area contributed by atoms with E-state index in [1.807, 2.05) is 13.8 Å². The average Bonchev–Trinajstić information content (AvgIpc) is 3.12. The summed E-state index contributed by atoms with van der Waals surface area (Å²) in [4.78, 5) is 12.1. The van der Waals surface area contributed by atoms with E-state index in [9.17, 15) is 13.2 Å². The largest absolute Gasteiger partial charge is 0.412 e. The molecule has 8 nitrogen and oxygen atoms in total. The highest BCUT2D eigenvalue weighted by Crippen LogP contribution is 2.24. The molecule has 0 unspecified atom stereocenters. The summed E-state index contributed by atoms with van der Waals surface area (Å²) < 4.78 is 32.2. The van der Waals surface area contributed by atoms with E-state index in [1.165, 1.54) is 16.4 Å². The molecule has 2 heterocycles. The molecular weight excluding hydrogens is 356 g/mol. The highest BCUT2D eigenvalue weighted by atomic mass is 32.2. The lowest BCUT2D eigenvalue weighted by molar-refractivity contribution is 0.0908. The minimum Gasteiger partial charge on any atom is -0.412 e. The van der Waals surface area contributed by atoms with E-state index in [4.69, 9.17) is 4.42 Å². The van der Waals surface area contributed by atoms with Gasteiger partial charge in [0, 0.05) is 24.7 Å². The van der Waals surface area contributed by atoms with Crippen molar-refractivity contribution in [2.75, 3.05) is 13.1 Å². The third-order valence-corrected chi connectivity index (χ3v) is 6.01. The van der Waals surface area contributed by atoms with Gasteiger partial charge in [0.05, 0.1) is 4.90 Å². The molecule has 140 valence electrons. The number of piperidine rings is 1. The summed E-state index contributed by atoms with van der Waals surface area (Å²) >= 11 is 0. The molecule has 0 spiro atoms. The van der Waals surface area contributed by atoms with Gasteiger partial charge in [0.15, 0.2) is 0 Å². The summed E-state index contributed by atoms with van der Waals surface area (Å²) in [6.07, 6.45) is 2.84. The Morgan fingerprint density at radius 3 is 2.38 bits per heavy atom. The molecule has 0 atom stereocenters. The quantitative estimate of drug-likeness (QED) is 0.854. The van der Waals surface area contributed by atoms with Crippen LogP contribution in [0, 0.1) is 0 Å². The lowest BCUT2D eigenvalue weighted by atomic mass is 10.2. The normalized spacial score (nSPS) is 16.0. The fraction of sp³-hybridized carbons (Fsp3) is 0.471. The first-order valence-electron chi connectivity index (χ1n) is 8.63. The Morgan fingerprint density at radius 2 is 1.77 bits per heavy atom. The zero-order chi connectivity index (χ0) is 18.7. The number of nitrogens with zero attached hydrogens (tertiary/aromatic N) is 3. The van der Waals surface area contributed by atoms with Gasteiger partial charge >= 0.3 is 11.8 Å². The first kappa shape index (κ1) is 18.5. The lowest BCUT2D eigenvalue weighted by Gasteiger charge is -2.25. The van der Waals surface area contributed by atoms with Crippen molar-refractivity contribution < 1.29 is 17.6 Å². The fourth-order valence-electron chi connectivity index (χ4n) is 2.78. The molecule has 0 saturated carbocycles. The van der Waals surface area contributed by atoms with Crippen LogP contribution < -0.4 is 5.32 Å². The van der Waals surface area contributed by atoms with Gasteiger partial charge in [-0.1, -0.05) is 6.42 Å². The second-order valence-electron chi connectivity index (χ2n) is 6.53. The number of hydrogen-bond acceptors (Lipinski definition) is 6. The van der Waals surface area contributed by atoms with Crippen molar-refractivity contribution in [1.29, 1.82) is 0 Å². The van der Waals surface area contributed by atoms with Gasteiger partial charge in [0.25, 0.3) is 0 Å². The maximum atomic E-state index is 12.7. The predicted octanol–water partition coefficient (Wildman–Crippen LogP) is 2.05. The number of amides is 1. The fourth-order valence-corrected chi connectivity index (χ4v) is 4.30. The monoisotopic (exact) mass is 378 g/mol. The van der Waals surface area contributed by atoms with Crippen LogP contribution >= 0.6 is 0 Å². The highest BCUT2D eigenvalue weighted by Gasteiger charge is 2.26. The molecule has 1 aromatic heterocycles. The van der Waals surface area contributed by atoms with Crippen LogP contribution in [-0.2, 0) is 10.0 Å². The van der Waals surface area contributed by atoms with Gasteiger partial charge in [-0.2, -0.15) is 4.31 Å². The summed E-state index contributed by atoms with van der Waals surface area (Å²) in [5.74, 6) is -0.400. The average molecular weight is 378 g/mol. The van der Waals surface area contributed by atoms with Crippen molar-refractivity contribution in [3.8, 4) is 11.5 Å². The maximum Gasteiger partial charge on any atom is 0.309 e. The number of rotatable bonds is 5. The highest BCUT2D eigenvalue weighted by molar-refractivity contribution is 7.89. The Hall–Kier alpha value is -2.26. The molecule has 1 aliphatic rings. The first-order chi connectivity index (χ1) is 12.4. The standard InChI is InChI=1S/C17H22N4O4S/c1-12(2)18-15(22)17-20-19-16(25-17)13-6-8-14(9-7-13)26(23,24)21-10-4-3-5-11-21/h6-9,12H,3-5,10-11H2,1-2H3,(H,18,22). The molecule has 1 N–H and O–H groups in total. The van der Waals surface area contributed by atoms with Gasteiger partial charge in [-0.05, 0) is 51.0 Å². The molecule has 0 bridgehead atoms. The number of carbonyl (C=O) groups is 1. The third kappa shape index (κ3) is 3.94. The van der Waals surface area contributed by atoms with Crippen LogP contribution in [0.4, 0.5) is 0 Å². The summed E-state index contributed by atoms with van der Waals surface area (Å²) in [6.45, 7) is 4.78. The second-order valence-corrected chi connectivity index (χ2v) is 8.47. The van der Waals surface area contributed by atoms with E-state index in [0.29, 0.717) is 18.7 Å². The predicted molar refractivity (Wildman–Crippen MR) is 94.9 cm³/mol. The van der Waals surface area contributed by atoms with Crippen LogP contribution in [-0.4, -0.2) is 48.0 Å². The van der Waals surface area contributed by atoms with Gasteiger partial charge in [0.1, 0.15) is 0 Å². The van der Waals surface area contributed by atoms with Crippen molar-refractivity contribution >= 4 is 15.9 Å². The van der Waals surface area contributed by atoms with Gasteiger partial charge in [-0.25, -0.2) is 8.42 Å². The molecule has 26 heavy (non-hydrogen) atoms. The van der Waals surface area contributed by atoms with Crippen molar-refractivity contribution in [3.05, 3.63) is 30.2 Å². The summed E-state index contributed by atoms with van der Waals surface area (Å²) in [5.41, 5.74) is 0.554. The van der Waals surface area contributed by atoms with Crippen molar-refractivity contribution in [3.63, 3.8) is 0 Å². The van der Waals surface area contributed by atoms with E-state index < -0.39 is 15.9 Å². The lowest BCUT2D eigenvalue weighted by Crippen LogP contribution is -2.35. The topological polar surface area (TPSA) is 105 Å². The molecule has 1 saturated heterocycles. The number of sulfonamides is 1. The number of nitrogens with one attached hydrogen (secondary N) is 1. The zero-order valence-corrected chi connectivity index (χ0v) is 15.6. The molecule has 1 aliphatic heterocycles. The van der Waals surface area contributed by atoms with Gasteiger partial charge in [-0.15, -0.1) is 10.2 Å². The van der Waals surface area contributed by atoms with Crippen LogP contribution in [0.2, 0.25) is 0 Å². The minimum absolute atomic E-state index is 0.0443. The Morgan fingerprint density at radius 1 is 1.12 bits per heavy atom. The first-order valence-corrected chi connectivity index (χ1v) is 10.1. The maximum absolute atomic E-state index is 12.7. The Balaban J connectivity index is 1.77. The van der Waals surface area contributed by atoms with Gasteiger partial charge in [0.2, 0.25) is 15.9 Å². The van der Waals surface area contributed by atoms with Crippen LogP contribution in [0.3, 0.4) is 0 Å². The molecular formula is C17H22N4O4S. The SMILES string of the molecule is CC(C)NC(=O)c1nnc(-c2ccc(S(=O)(=O)N3CCCCC3)cc2)o1. The van der Waals surface area contributed by atoms with Gasteiger partial charge < -0.3 is 9.73 Å². The number of hydrogen-bond donors (Lipinski definition) is 1. The van der Waals surface area contributed by atoms with Crippen LogP contribution in [0.15, 0.2) is 33.6 Å². The van der Waals surface area contributed by atoms with E-state index in [-0.39, 0.29) is 22.7 Å². The van der Waals surface area contributed by atoms with Crippen LogP contribution in [0.25, 0.3) is 11.5 Å². The third-order valence-electron chi connectivity index (χ3n) is 4.09. The molecule has 1 amide bonds. The second kappa shape index (κ2) is 7.55. The zero-order valence-electron chi connectivity index (χ0n) is 14.8. The Bertz CT molecular complexity index is 868. The van der Waals surface area contributed by atoms with E-state index in [0.717, 1.165) is 19.3 Å². The molecule has 3 rings (SSSR count). The Kier molecular flexibility index (Phi) is 5.38.